The van der Waals surface area contributed by atoms with E-state index in [-0.39, 0.29) is 18.2 Å². The second-order valence-corrected chi connectivity index (χ2v) is 6.25. The van der Waals surface area contributed by atoms with Crippen molar-refractivity contribution in [2.75, 3.05) is 13.1 Å². The van der Waals surface area contributed by atoms with Gasteiger partial charge in [-0.15, -0.1) is 0 Å². The molecule has 2 aromatic rings. The maximum absolute atomic E-state index is 12.8. The van der Waals surface area contributed by atoms with Gasteiger partial charge < -0.3 is 14.5 Å². The van der Waals surface area contributed by atoms with Gasteiger partial charge in [-0.1, -0.05) is 12.1 Å². The molecule has 0 radical (unpaired) electrons. The lowest BCUT2D eigenvalue weighted by Crippen LogP contribution is -2.40. The zero-order valence-corrected chi connectivity index (χ0v) is 13.7. The molecule has 0 aliphatic carbocycles. The molecule has 1 aliphatic rings. The molecule has 1 atom stereocenters. The average Bonchev–Trinajstić information content (AvgIpc) is 3.01. The third kappa shape index (κ3) is 3.39. The van der Waals surface area contributed by atoms with E-state index in [1.54, 1.807) is 11.0 Å². The minimum Gasteiger partial charge on any atom is -0.481 e. The van der Waals surface area contributed by atoms with Crippen LogP contribution in [0.4, 0.5) is 0 Å². The molecule has 1 amide bonds. The first kappa shape index (κ1) is 16.4. The number of carboxylic acid groups (broad SMARTS) is 1. The Kier molecular flexibility index (Phi) is 4.78. The SMILES string of the molecule is CCc1noc2ncc(C(=O)N3CCCC(CCC(=O)O)C3)cc12. The molecule has 0 saturated carbocycles. The van der Waals surface area contributed by atoms with Crippen LogP contribution in [0.25, 0.3) is 11.1 Å². The predicted molar refractivity (Wildman–Crippen MR) is 86.7 cm³/mol. The summed E-state index contributed by atoms with van der Waals surface area (Å²) in [5.41, 5.74) is 1.77. The Labute approximate surface area is 139 Å². The fourth-order valence-corrected chi connectivity index (χ4v) is 3.25. The third-order valence-electron chi connectivity index (χ3n) is 4.56. The Balaban J connectivity index is 1.74. The van der Waals surface area contributed by atoms with Gasteiger partial charge in [-0.25, -0.2) is 4.98 Å². The first-order valence-corrected chi connectivity index (χ1v) is 8.34. The van der Waals surface area contributed by atoms with Crippen molar-refractivity contribution in [2.45, 2.75) is 39.0 Å². The quantitative estimate of drug-likeness (QED) is 0.904. The van der Waals surface area contributed by atoms with Gasteiger partial charge >= 0.3 is 5.97 Å². The van der Waals surface area contributed by atoms with Crippen molar-refractivity contribution in [1.82, 2.24) is 15.0 Å². The number of hydrogen-bond donors (Lipinski definition) is 1. The summed E-state index contributed by atoms with van der Waals surface area (Å²) in [6, 6.07) is 1.79. The minimum absolute atomic E-state index is 0.0623. The summed E-state index contributed by atoms with van der Waals surface area (Å²) in [4.78, 5) is 29.5. The number of rotatable bonds is 5. The van der Waals surface area contributed by atoms with E-state index in [9.17, 15) is 9.59 Å². The van der Waals surface area contributed by atoms with E-state index in [0.717, 1.165) is 23.9 Å². The van der Waals surface area contributed by atoms with E-state index < -0.39 is 5.97 Å². The molecule has 1 saturated heterocycles. The number of carbonyl (C=O) groups excluding carboxylic acids is 1. The maximum atomic E-state index is 12.8. The van der Waals surface area contributed by atoms with Crippen LogP contribution in [-0.2, 0) is 11.2 Å². The summed E-state index contributed by atoms with van der Waals surface area (Å²) in [7, 11) is 0. The monoisotopic (exact) mass is 331 g/mol. The predicted octanol–water partition coefficient (Wildman–Crippen LogP) is 2.50. The Hall–Kier alpha value is -2.44. The van der Waals surface area contributed by atoms with Crippen LogP contribution in [0.15, 0.2) is 16.8 Å². The molecule has 1 unspecified atom stereocenters. The topological polar surface area (TPSA) is 96.5 Å². The lowest BCUT2D eigenvalue weighted by atomic mass is 9.93. The standard InChI is InChI=1S/C17H21N3O4/c1-2-14-13-8-12(9-18-16(13)24-19-14)17(23)20-7-3-4-11(10-20)5-6-15(21)22/h8-9,11H,2-7,10H2,1H3,(H,21,22). The average molecular weight is 331 g/mol. The molecule has 0 bridgehead atoms. The fraction of sp³-hybridized carbons (Fsp3) is 0.529. The number of carbonyl (C=O) groups is 2. The number of amides is 1. The van der Waals surface area contributed by atoms with E-state index in [1.165, 1.54) is 6.20 Å². The molecular formula is C17H21N3O4. The number of carboxylic acids is 1. The second kappa shape index (κ2) is 6.98. The molecule has 0 aromatic carbocycles. The zero-order valence-electron chi connectivity index (χ0n) is 13.7. The van der Waals surface area contributed by atoms with E-state index in [0.29, 0.717) is 37.2 Å². The summed E-state index contributed by atoms with van der Waals surface area (Å²) in [6.45, 7) is 3.28. The van der Waals surface area contributed by atoms with Gasteiger partial charge in [0.2, 0.25) is 0 Å². The molecule has 0 spiro atoms. The lowest BCUT2D eigenvalue weighted by Gasteiger charge is -2.32. The van der Waals surface area contributed by atoms with Crippen molar-refractivity contribution in [3.63, 3.8) is 0 Å². The highest BCUT2D eigenvalue weighted by molar-refractivity contribution is 5.97. The number of nitrogens with zero attached hydrogens (tertiary/aromatic N) is 3. The maximum Gasteiger partial charge on any atom is 0.303 e. The van der Waals surface area contributed by atoms with Gasteiger partial charge in [0.25, 0.3) is 11.6 Å². The van der Waals surface area contributed by atoms with Crippen LogP contribution in [0.3, 0.4) is 0 Å². The van der Waals surface area contributed by atoms with Gasteiger partial charge in [0, 0.05) is 25.7 Å². The highest BCUT2D eigenvalue weighted by Gasteiger charge is 2.25. The van der Waals surface area contributed by atoms with Crippen LogP contribution in [0.5, 0.6) is 0 Å². The van der Waals surface area contributed by atoms with Crippen LogP contribution in [0.1, 0.15) is 48.7 Å². The molecule has 1 aliphatic heterocycles. The molecular weight excluding hydrogens is 310 g/mol. The third-order valence-corrected chi connectivity index (χ3v) is 4.56. The van der Waals surface area contributed by atoms with Crippen LogP contribution in [0, 0.1) is 5.92 Å². The first-order chi connectivity index (χ1) is 11.6. The van der Waals surface area contributed by atoms with Gasteiger partial charge in [-0.2, -0.15) is 0 Å². The van der Waals surface area contributed by atoms with Crippen molar-refractivity contribution in [3.05, 3.63) is 23.5 Å². The number of aromatic nitrogens is 2. The summed E-state index contributed by atoms with van der Waals surface area (Å²) < 4.78 is 5.15. The fourth-order valence-electron chi connectivity index (χ4n) is 3.25. The number of hydrogen-bond acceptors (Lipinski definition) is 5. The van der Waals surface area contributed by atoms with E-state index >= 15 is 0 Å². The number of piperidine rings is 1. The summed E-state index contributed by atoms with van der Waals surface area (Å²) >= 11 is 0. The normalized spacial score (nSPS) is 18.0. The van der Waals surface area contributed by atoms with Crippen molar-refractivity contribution in [3.8, 4) is 0 Å². The summed E-state index contributed by atoms with van der Waals surface area (Å²) in [5, 5.41) is 13.6. The number of likely N-dealkylation sites (tertiary alicyclic amines) is 1. The van der Waals surface area contributed by atoms with Crippen molar-refractivity contribution in [1.29, 1.82) is 0 Å². The number of fused-ring (bicyclic) bond motifs is 1. The van der Waals surface area contributed by atoms with Crippen LogP contribution in [0.2, 0.25) is 0 Å². The highest BCUT2D eigenvalue weighted by Crippen LogP contribution is 2.24. The summed E-state index contributed by atoms with van der Waals surface area (Å²) in [5.74, 6) is -0.599. The van der Waals surface area contributed by atoms with E-state index in [2.05, 4.69) is 10.1 Å². The highest BCUT2D eigenvalue weighted by atomic mass is 16.5. The number of aliphatic carboxylic acids is 1. The van der Waals surface area contributed by atoms with Crippen LogP contribution >= 0.6 is 0 Å². The smallest absolute Gasteiger partial charge is 0.303 e. The van der Waals surface area contributed by atoms with Gasteiger partial charge in [0.05, 0.1) is 16.6 Å². The minimum atomic E-state index is -0.785. The Morgan fingerprint density at radius 2 is 2.29 bits per heavy atom. The van der Waals surface area contributed by atoms with Gasteiger partial charge in [0.1, 0.15) is 0 Å². The van der Waals surface area contributed by atoms with E-state index in [1.807, 2.05) is 6.92 Å². The molecule has 128 valence electrons. The molecule has 24 heavy (non-hydrogen) atoms. The Morgan fingerprint density at radius 1 is 1.46 bits per heavy atom. The molecule has 7 heteroatoms. The number of pyridine rings is 1. The zero-order chi connectivity index (χ0) is 17.1. The van der Waals surface area contributed by atoms with Crippen molar-refractivity contribution < 1.29 is 19.2 Å². The Morgan fingerprint density at radius 3 is 3.04 bits per heavy atom. The molecule has 1 N–H and O–H groups in total. The lowest BCUT2D eigenvalue weighted by molar-refractivity contribution is -0.137. The van der Waals surface area contributed by atoms with E-state index in [4.69, 9.17) is 9.63 Å². The van der Waals surface area contributed by atoms with Gasteiger partial charge in [-0.05, 0) is 37.7 Å². The molecule has 1 fully saturated rings. The molecule has 3 rings (SSSR count). The molecule has 2 aromatic heterocycles. The molecule has 7 nitrogen and oxygen atoms in total. The first-order valence-electron chi connectivity index (χ1n) is 8.34. The van der Waals surface area contributed by atoms with Gasteiger partial charge in [0.15, 0.2) is 0 Å². The largest absolute Gasteiger partial charge is 0.481 e. The summed E-state index contributed by atoms with van der Waals surface area (Å²) in [6.07, 6.45) is 4.88. The Bertz CT molecular complexity index is 755. The second-order valence-electron chi connectivity index (χ2n) is 6.25. The van der Waals surface area contributed by atoms with Crippen LogP contribution in [-0.4, -0.2) is 45.1 Å². The van der Waals surface area contributed by atoms with Gasteiger partial charge in [-0.3, -0.25) is 9.59 Å². The van der Waals surface area contributed by atoms with Crippen molar-refractivity contribution in [2.24, 2.45) is 5.92 Å². The van der Waals surface area contributed by atoms with Crippen LogP contribution < -0.4 is 0 Å². The molecule has 3 heterocycles. The number of aryl methyl sites for hydroxylation is 1. The van der Waals surface area contributed by atoms with Crippen molar-refractivity contribution >= 4 is 23.0 Å².